The highest BCUT2D eigenvalue weighted by Gasteiger charge is 2.21. The van der Waals surface area contributed by atoms with Gasteiger partial charge in [0.25, 0.3) is 0 Å². The van der Waals surface area contributed by atoms with Crippen molar-refractivity contribution in [3.63, 3.8) is 0 Å². The predicted octanol–water partition coefficient (Wildman–Crippen LogP) is 3.96. The molecule has 0 atom stereocenters. The van der Waals surface area contributed by atoms with Gasteiger partial charge in [-0.15, -0.1) is 0 Å². The molecule has 1 heterocycles. The molecule has 0 radical (unpaired) electrons. The molecule has 4 nitrogen and oxygen atoms in total. The molecule has 0 fully saturated rings. The molecule has 0 spiro atoms. The maximum atomic E-state index is 14.1. The molecule has 0 aliphatic rings. The van der Waals surface area contributed by atoms with Gasteiger partial charge in [-0.05, 0) is 43.7 Å². The van der Waals surface area contributed by atoms with Crippen LogP contribution < -0.4 is 0 Å². The van der Waals surface area contributed by atoms with Gasteiger partial charge >= 0.3 is 0 Å². The Kier molecular flexibility index (Phi) is 4.16. The van der Waals surface area contributed by atoms with Gasteiger partial charge in [0.2, 0.25) is 0 Å². The lowest BCUT2D eigenvalue weighted by atomic mass is 10.0. The van der Waals surface area contributed by atoms with E-state index in [-0.39, 0.29) is 23.6 Å². The van der Waals surface area contributed by atoms with Gasteiger partial charge < -0.3 is 5.11 Å². The molecule has 0 saturated heterocycles. The van der Waals surface area contributed by atoms with E-state index >= 15 is 0 Å². The second-order valence-corrected chi connectivity index (χ2v) is 6.70. The second-order valence-electron chi connectivity index (χ2n) is 6.70. The third kappa shape index (κ3) is 3.30. The molecule has 25 heavy (non-hydrogen) atoms. The number of hydrogen-bond donors (Lipinski definition) is 1. The molecule has 1 N–H and O–H groups in total. The van der Waals surface area contributed by atoms with Crippen LogP contribution in [0.3, 0.4) is 0 Å². The summed E-state index contributed by atoms with van der Waals surface area (Å²) in [6.45, 7) is 4.78. The van der Waals surface area contributed by atoms with Gasteiger partial charge in [-0.25, -0.2) is 8.78 Å². The summed E-state index contributed by atoms with van der Waals surface area (Å²) in [6.07, 6.45) is 0. The van der Waals surface area contributed by atoms with E-state index in [0.717, 1.165) is 0 Å². The topological polar surface area (TPSA) is 55.1 Å². The van der Waals surface area contributed by atoms with Crippen LogP contribution in [0.25, 0.3) is 22.0 Å². The SMILES string of the molecule is CC(=O)c1nn(CC(C)(C)O)c2cc(-c3c(F)cccc3F)ccc12. The average molecular weight is 344 g/mol. The number of rotatable bonds is 4. The zero-order chi connectivity index (χ0) is 18.4. The largest absolute Gasteiger partial charge is 0.389 e. The molecule has 3 rings (SSSR count). The molecule has 0 saturated carbocycles. The van der Waals surface area contributed by atoms with Gasteiger partial charge in [0.05, 0.1) is 23.2 Å². The molecule has 0 bridgehead atoms. The monoisotopic (exact) mass is 344 g/mol. The van der Waals surface area contributed by atoms with Crippen molar-refractivity contribution < 1.29 is 18.7 Å². The zero-order valence-electron chi connectivity index (χ0n) is 14.2. The van der Waals surface area contributed by atoms with Crippen LogP contribution in [0.2, 0.25) is 0 Å². The number of aromatic nitrogens is 2. The van der Waals surface area contributed by atoms with Crippen LogP contribution in [0, 0.1) is 11.6 Å². The van der Waals surface area contributed by atoms with Gasteiger partial charge in [-0.3, -0.25) is 9.48 Å². The van der Waals surface area contributed by atoms with Gasteiger partial charge in [0.15, 0.2) is 5.78 Å². The lowest BCUT2D eigenvalue weighted by Gasteiger charge is -2.17. The van der Waals surface area contributed by atoms with Crippen LogP contribution in [-0.4, -0.2) is 26.3 Å². The molecule has 1 aromatic heterocycles. The van der Waals surface area contributed by atoms with Crippen molar-refractivity contribution >= 4 is 16.7 Å². The maximum Gasteiger partial charge on any atom is 0.180 e. The summed E-state index contributed by atoms with van der Waals surface area (Å²) in [5.41, 5.74) is -0.0566. The van der Waals surface area contributed by atoms with Crippen molar-refractivity contribution in [3.8, 4) is 11.1 Å². The van der Waals surface area contributed by atoms with Gasteiger partial charge in [-0.1, -0.05) is 12.1 Å². The van der Waals surface area contributed by atoms with Crippen LogP contribution in [-0.2, 0) is 6.54 Å². The minimum atomic E-state index is -1.06. The van der Waals surface area contributed by atoms with E-state index < -0.39 is 17.2 Å². The van der Waals surface area contributed by atoms with Crippen LogP contribution in [0.4, 0.5) is 8.78 Å². The summed E-state index contributed by atoms with van der Waals surface area (Å²) in [5.74, 6) is -1.55. The van der Waals surface area contributed by atoms with E-state index in [1.807, 2.05) is 0 Å². The number of hydrogen-bond acceptors (Lipinski definition) is 3. The number of aliphatic hydroxyl groups is 1. The first-order chi connectivity index (χ1) is 11.7. The Morgan fingerprint density at radius 2 is 1.84 bits per heavy atom. The molecule has 6 heteroatoms. The number of ketones is 1. The van der Waals surface area contributed by atoms with Crippen LogP contribution in [0.15, 0.2) is 36.4 Å². The smallest absolute Gasteiger partial charge is 0.180 e. The predicted molar refractivity (Wildman–Crippen MR) is 91.4 cm³/mol. The van der Waals surface area contributed by atoms with E-state index in [1.165, 1.54) is 29.8 Å². The maximum absolute atomic E-state index is 14.1. The van der Waals surface area contributed by atoms with Crippen molar-refractivity contribution in [2.45, 2.75) is 32.9 Å². The number of fused-ring (bicyclic) bond motifs is 1. The Bertz CT molecular complexity index is 951. The van der Waals surface area contributed by atoms with Crippen LogP contribution in [0.1, 0.15) is 31.3 Å². The van der Waals surface area contributed by atoms with E-state index in [2.05, 4.69) is 5.10 Å². The number of carbonyl (C=O) groups is 1. The number of nitrogens with zero attached hydrogens (tertiary/aromatic N) is 2. The lowest BCUT2D eigenvalue weighted by Crippen LogP contribution is -2.26. The average Bonchev–Trinajstić information content (AvgIpc) is 2.84. The summed E-state index contributed by atoms with van der Waals surface area (Å²) in [6, 6.07) is 8.46. The first-order valence-electron chi connectivity index (χ1n) is 7.85. The van der Waals surface area contributed by atoms with E-state index in [0.29, 0.717) is 16.5 Å². The molecule has 0 unspecified atom stereocenters. The molecule has 3 aromatic rings. The first-order valence-corrected chi connectivity index (χ1v) is 7.85. The van der Waals surface area contributed by atoms with Gasteiger partial charge in [0, 0.05) is 12.3 Å². The number of carbonyl (C=O) groups excluding carboxylic acids is 1. The Balaban J connectivity index is 2.25. The first kappa shape index (κ1) is 17.2. The van der Waals surface area contributed by atoms with Crippen molar-refractivity contribution in [2.24, 2.45) is 0 Å². The third-order valence-corrected chi connectivity index (χ3v) is 3.87. The Morgan fingerprint density at radius 1 is 1.20 bits per heavy atom. The summed E-state index contributed by atoms with van der Waals surface area (Å²) in [4.78, 5) is 11.8. The zero-order valence-corrected chi connectivity index (χ0v) is 14.2. The van der Waals surface area contributed by atoms with E-state index in [9.17, 15) is 18.7 Å². The van der Waals surface area contributed by atoms with Crippen LogP contribution >= 0.6 is 0 Å². The van der Waals surface area contributed by atoms with Gasteiger partial charge in [-0.2, -0.15) is 5.10 Å². The summed E-state index contributed by atoms with van der Waals surface area (Å²) < 4.78 is 29.7. The second kappa shape index (κ2) is 6.04. The summed E-state index contributed by atoms with van der Waals surface area (Å²) in [7, 11) is 0. The van der Waals surface area contributed by atoms with E-state index in [4.69, 9.17) is 0 Å². The quantitative estimate of drug-likeness (QED) is 0.729. The molecule has 0 aliphatic carbocycles. The minimum Gasteiger partial charge on any atom is -0.389 e. The molecule has 130 valence electrons. The molecule has 0 amide bonds. The molecular formula is C19H18F2N2O2. The fourth-order valence-corrected chi connectivity index (χ4v) is 2.85. The highest BCUT2D eigenvalue weighted by Crippen LogP contribution is 2.30. The Labute approximate surface area is 143 Å². The molecule has 0 aliphatic heterocycles. The number of Topliss-reactive ketones (excluding diaryl/α,β-unsaturated/α-hetero) is 1. The Morgan fingerprint density at radius 3 is 2.40 bits per heavy atom. The Hall–Kier alpha value is -2.60. The highest BCUT2D eigenvalue weighted by molar-refractivity contribution is 6.05. The summed E-state index contributed by atoms with van der Waals surface area (Å²) >= 11 is 0. The van der Waals surface area contributed by atoms with Crippen molar-refractivity contribution in [1.82, 2.24) is 9.78 Å². The normalized spacial score (nSPS) is 11.9. The van der Waals surface area contributed by atoms with Crippen LogP contribution in [0.5, 0.6) is 0 Å². The molecular weight excluding hydrogens is 326 g/mol. The van der Waals surface area contributed by atoms with Crippen molar-refractivity contribution in [1.29, 1.82) is 0 Å². The summed E-state index contributed by atoms with van der Waals surface area (Å²) in [5, 5.41) is 14.9. The number of benzene rings is 2. The van der Waals surface area contributed by atoms with Crippen molar-refractivity contribution in [3.05, 3.63) is 53.7 Å². The minimum absolute atomic E-state index is 0.134. The number of halogens is 2. The van der Waals surface area contributed by atoms with E-state index in [1.54, 1.807) is 32.0 Å². The van der Waals surface area contributed by atoms with Crippen molar-refractivity contribution in [2.75, 3.05) is 0 Å². The van der Waals surface area contributed by atoms with Gasteiger partial charge in [0.1, 0.15) is 17.3 Å². The standard InChI is InChI=1S/C19H18F2N2O2/c1-11(24)18-13-8-7-12(17-14(20)5-4-6-15(17)21)9-16(13)23(22-18)10-19(2,3)25/h4-9,25H,10H2,1-3H3. The fraction of sp³-hybridized carbons (Fsp3) is 0.263. The lowest BCUT2D eigenvalue weighted by molar-refractivity contribution is 0.0588. The fourth-order valence-electron chi connectivity index (χ4n) is 2.85. The molecule has 2 aromatic carbocycles. The third-order valence-electron chi connectivity index (χ3n) is 3.87. The highest BCUT2D eigenvalue weighted by atomic mass is 19.1.